The van der Waals surface area contributed by atoms with Gasteiger partial charge in [0, 0.05) is 16.9 Å². The summed E-state index contributed by atoms with van der Waals surface area (Å²) in [5.74, 6) is 0. The van der Waals surface area contributed by atoms with Crippen molar-refractivity contribution in [3.05, 3.63) is 114 Å². The van der Waals surface area contributed by atoms with Gasteiger partial charge in [0.15, 0.2) is 0 Å². The Labute approximate surface area is 166 Å². The van der Waals surface area contributed by atoms with E-state index in [2.05, 4.69) is 109 Å². The Balaban J connectivity index is 1.81. The molecule has 0 N–H and O–H groups in total. The van der Waals surface area contributed by atoms with Crippen LogP contribution in [0.1, 0.15) is 16.7 Å². The van der Waals surface area contributed by atoms with Crippen LogP contribution in [0, 0.1) is 6.92 Å². The van der Waals surface area contributed by atoms with Crippen molar-refractivity contribution < 1.29 is 0 Å². The highest BCUT2D eigenvalue weighted by Crippen LogP contribution is 2.45. The first-order chi connectivity index (χ1) is 13.8. The highest BCUT2D eigenvalue weighted by molar-refractivity contribution is 5.90. The molecule has 4 aromatic carbocycles. The smallest absolute Gasteiger partial charge is 0.0540 e. The first kappa shape index (κ1) is 16.8. The molecule has 1 aliphatic rings. The van der Waals surface area contributed by atoms with E-state index < -0.39 is 0 Å². The van der Waals surface area contributed by atoms with Crippen molar-refractivity contribution in [2.45, 2.75) is 19.8 Å². The number of para-hydroxylation sites is 2. The van der Waals surface area contributed by atoms with Crippen LogP contribution in [0.2, 0.25) is 0 Å². The molecule has 5 rings (SSSR count). The van der Waals surface area contributed by atoms with Gasteiger partial charge in [0.05, 0.1) is 5.69 Å². The number of anilines is 3. The zero-order valence-corrected chi connectivity index (χ0v) is 16.1. The molecule has 4 aromatic rings. The summed E-state index contributed by atoms with van der Waals surface area (Å²) in [6.45, 7) is 2.17. The van der Waals surface area contributed by atoms with Gasteiger partial charge in [-0.1, -0.05) is 78.4 Å². The summed E-state index contributed by atoms with van der Waals surface area (Å²) >= 11 is 0. The number of benzene rings is 4. The lowest BCUT2D eigenvalue weighted by molar-refractivity contribution is 0.977. The average molecular weight is 361 g/mol. The van der Waals surface area contributed by atoms with Gasteiger partial charge in [-0.2, -0.15) is 0 Å². The van der Waals surface area contributed by atoms with Crippen LogP contribution in [0.4, 0.5) is 17.1 Å². The van der Waals surface area contributed by atoms with Crippen molar-refractivity contribution in [2.24, 2.45) is 0 Å². The van der Waals surface area contributed by atoms with E-state index in [4.69, 9.17) is 0 Å². The molecule has 136 valence electrons. The van der Waals surface area contributed by atoms with Crippen LogP contribution in [-0.2, 0) is 12.8 Å². The van der Waals surface area contributed by atoms with Crippen LogP contribution in [0.15, 0.2) is 97.1 Å². The van der Waals surface area contributed by atoms with E-state index in [0.29, 0.717) is 0 Å². The Morgan fingerprint density at radius 1 is 0.571 bits per heavy atom. The second kappa shape index (κ2) is 7.01. The van der Waals surface area contributed by atoms with Crippen molar-refractivity contribution >= 4 is 17.1 Å². The third-order valence-corrected chi connectivity index (χ3v) is 5.61. The van der Waals surface area contributed by atoms with Crippen LogP contribution >= 0.6 is 0 Å². The minimum atomic E-state index is 1.07. The number of aryl methyl sites for hydroxylation is 3. The Kier molecular flexibility index (Phi) is 4.21. The van der Waals surface area contributed by atoms with Crippen molar-refractivity contribution in [3.63, 3.8) is 0 Å². The van der Waals surface area contributed by atoms with Crippen molar-refractivity contribution in [1.82, 2.24) is 0 Å². The van der Waals surface area contributed by atoms with Crippen LogP contribution in [0.25, 0.3) is 11.1 Å². The molecule has 1 heteroatoms. The fraction of sp³-hybridized carbons (Fsp3) is 0.111. The number of nitrogens with zero attached hydrogens (tertiary/aromatic N) is 1. The standard InChI is InChI=1S/C27H23N/c1-20-15-18-27(24(19-20)21-9-3-2-4-10-21)28-25-13-7-5-11-22(25)16-17-23-12-6-8-14-26(23)28/h2-15,18-19H,16-17H2,1H3. The van der Waals surface area contributed by atoms with Gasteiger partial charge in [-0.15, -0.1) is 0 Å². The topological polar surface area (TPSA) is 3.24 Å². The van der Waals surface area contributed by atoms with E-state index in [1.165, 1.54) is 44.9 Å². The normalized spacial score (nSPS) is 12.8. The molecule has 1 nitrogen and oxygen atoms in total. The van der Waals surface area contributed by atoms with Crippen LogP contribution < -0.4 is 4.90 Å². The second-order valence-electron chi connectivity index (χ2n) is 7.48. The van der Waals surface area contributed by atoms with Gasteiger partial charge in [0.25, 0.3) is 0 Å². The van der Waals surface area contributed by atoms with Gasteiger partial charge in [0.2, 0.25) is 0 Å². The zero-order valence-electron chi connectivity index (χ0n) is 16.1. The molecule has 0 atom stereocenters. The van der Waals surface area contributed by atoms with E-state index in [0.717, 1.165) is 12.8 Å². The quantitative estimate of drug-likeness (QED) is 0.364. The molecular weight excluding hydrogens is 338 g/mol. The van der Waals surface area contributed by atoms with Crippen molar-refractivity contribution in [2.75, 3.05) is 4.90 Å². The summed E-state index contributed by atoms with van der Waals surface area (Å²) in [6, 6.07) is 35.2. The molecule has 0 fully saturated rings. The van der Waals surface area contributed by atoms with E-state index in [1.54, 1.807) is 0 Å². The molecule has 0 aliphatic carbocycles. The molecule has 28 heavy (non-hydrogen) atoms. The first-order valence-electron chi connectivity index (χ1n) is 9.93. The highest BCUT2D eigenvalue weighted by Gasteiger charge is 2.23. The summed E-state index contributed by atoms with van der Waals surface area (Å²) in [6.07, 6.45) is 2.13. The van der Waals surface area contributed by atoms with Gasteiger partial charge in [0.1, 0.15) is 0 Å². The molecule has 0 radical (unpaired) electrons. The second-order valence-corrected chi connectivity index (χ2v) is 7.48. The molecule has 0 spiro atoms. The molecule has 0 aromatic heterocycles. The summed E-state index contributed by atoms with van der Waals surface area (Å²) in [5, 5.41) is 0. The lowest BCUT2D eigenvalue weighted by Gasteiger charge is -2.29. The molecular formula is C27H23N. The van der Waals surface area contributed by atoms with Crippen LogP contribution in [0.3, 0.4) is 0 Å². The molecule has 1 aliphatic heterocycles. The maximum atomic E-state index is 2.46. The molecule has 0 saturated heterocycles. The Morgan fingerprint density at radius 2 is 1.14 bits per heavy atom. The SMILES string of the molecule is Cc1ccc(N2c3ccccc3CCc3ccccc32)c(-c2ccccc2)c1. The van der Waals surface area contributed by atoms with E-state index >= 15 is 0 Å². The minimum absolute atomic E-state index is 1.07. The molecule has 0 unspecified atom stereocenters. The van der Waals surface area contributed by atoms with Crippen LogP contribution in [-0.4, -0.2) is 0 Å². The maximum absolute atomic E-state index is 2.46. The fourth-order valence-corrected chi connectivity index (χ4v) is 4.23. The van der Waals surface area contributed by atoms with Gasteiger partial charge in [-0.3, -0.25) is 0 Å². The van der Waals surface area contributed by atoms with Gasteiger partial charge >= 0.3 is 0 Å². The van der Waals surface area contributed by atoms with Gasteiger partial charge in [-0.25, -0.2) is 0 Å². The summed E-state index contributed by atoms with van der Waals surface area (Å²) in [4.78, 5) is 2.46. The lowest BCUT2D eigenvalue weighted by atomic mass is 9.99. The van der Waals surface area contributed by atoms with E-state index in [1.807, 2.05) is 0 Å². The number of rotatable bonds is 2. The largest absolute Gasteiger partial charge is 0.309 e. The van der Waals surface area contributed by atoms with E-state index in [9.17, 15) is 0 Å². The van der Waals surface area contributed by atoms with E-state index in [-0.39, 0.29) is 0 Å². The van der Waals surface area contributed by atoms with Gasteiger partial charge in [-0.05, 0) is 60.7 Å². The third kappa shape index (κ3) is 2.90. The van der Waals surface area contributed by atoms with Crippen molar-refractivity contribution in [3.8, 4) is 11.1 Å². The summed E-state index contributed by atoms with van der Waals surface area (Å²) in [7, 11) is 0. The molecule has 0 bridgehead atoms. The van der Waals surface area contributed by atoms with Crippen LogP contribution in [0.5, 0.6) is 0 Å². The molecule has 0 saturated carbocycles. The van der Waals surface area contributed by atoms with Crippen molar-refractivity contribution in [1.29, 1.82) is 0 Å². The highest BCUT2D eigenvalue weighted by atomic mass is 15.2. The molecule has 0 amide bonds. The maximum Gasteiger partial charge on any atom is 0.0540 e. The minimum Gasteiger partial charge on any atom is -0.309 e. The fourth-order valence-electron chi connectivity index (χ4n) is 4.23. The lowest BCUT2D eigenvalue weighted by Crippen LogP contribution is -2.13. The predicted molar refractivity (Wildman–Crippen MR) is 119 cm³/mol. The Morgan fingerprint density at radius 3 is 1.79 bits per heavy atom. The Hall–Kier alpha value is -3.32. The van der Waals surface area contributed by atoms with Gasteiger partial charge < -0.3 is 4.90 Å². The molecule has 1 heterocycles. The number of hydrogen-bond acceptors (Lipinski definition) is 1. The predicted octanol–water partition coefficient (Wildman–Crippen LogP) is 7.23. The zero-order chi connectivity index (χ0) is 18.9. The number of fused-ring (bicyclic) bond motifs is 2. The average Bonchev–Trinajstić information content (AvgIpc) is 2.91. The monoisotopic (exact) mass is 361 g/mol. The number of hydrogen-bond donors (Lipinski definition) is 0. The first-order valence-corrected chi connectivity index (χ1v) is 9.93. The summed E-state index contributed by atoms with van der Waals surface area (Å²) in [5.41, 5.74) is 10.4. The third-order valence-electron chi connectivity index (χ3n) is 5.61. The summed E-state index contributed by atoms with van der Waals surface area (Å²) < 4.78 is 0. The Bertz CT molecular complexity index is 1080.